The summed E-state index contributed by atoms with van der Waals surface area (Å²) >= 11 is 1.31. The molecule has 0 aliphatic carbocycles. The predicted octanol–water partition coefficient (Wildman–Crippen LogP) is 4.79. The topological polar surface area (TPSA) is 66.9 Å². The van der Waals surface area contributed by atoms with Gasteiger partial charge in [-0.05, 0) is 37.3 Å². The number of hydrogen-bond donors (Lipinski definition) is 2. The second-order valence-electron chi connectivity index (χ2n) is 5.74. The van der Waals surface area contributed by atoms with Gasteiger partial charge in [-0.15, -0.1) is 11.3 Å². The molecule has 2 aromatic heterocycles. The van der Waals surface area contributed by atoms with Gasteiger partial charge in [-0.1, -0.05) is 12.1 Å². The average Bonchev–Trinajstić information content (AvgIpc) is 3.01. The molecule has 0 saturated heterocycles. The number of thiazole rings is 1. The van der Waals surface area contributed by atoms with Crippen molar-refractivity contribution in [1.82, 2.24) is 9.97 Å². The molecule has 0 spiro atoms. The number of carbonyl (C=O) groups excluding carboxylic acids is 1. The summed E-state index contributed by atoms with van der Waals surface area (Å²) in [5.74, 6) is 0.198. The molecule has 3 rings (SSSR count). The second-order valence-corrected chi connectivity index (χ2v) is 6.59. The molecular weight excluding hydrogens is 377 g/mol. The summed E-state index contributed by atoms with van der Waals surface area (Å²) in [6, 6.07) is 10.0. The van der Waals surface area contributed by atoms with Crippen molar-refractivity contribution in [2.75, 3.05) is 10.6 Å². The minimum Gasteiger partial charge on any atom is -0.326 e. The first-order valence-electron chi connectivity index (χ1n) is 7.92. The molecule has 0 fully saturated rings. The Morgan fingerprint density at radius 3 is 2.67 bits per heavy atom. The maximum Gasteiger partial charge on any atom is 0.416 e. The van der Waals surface area contributed by atoms with Crippen molar-refractivity contribution in [3.63, 3.8) is 0 Å². The maximum atomic E-state index is 12.7. The molecule has 1 amide bonds. The van der Waals surface area contributed by atoms with Crippen LogP contribution in [0, 0.1) is 6.92 Å². The van der Waals surface area contributed by atoms with Gasteiger partial charge in [0.1, 0.15) is 5.82 Å². The first-order valence-corrected chi connectivity index (χ1v) is 8.80. The van der Waals surface area contributed by atoms with Crippen LogP contribution in [-0.4, -0.2) is 15.9 Å². The van der Waals surface area contributed by atoms with Crippen LogP contribution in [0.25, 0.3) is 0 Å². The number of halogens is 3. The number of alkyl halides is 3. The van der Waals surface area contributed by atoms with E-state index in [1.807, 2.05) is 19.1 Å². The number of aryl methyl sites for hydroxylation is 1. The highest BCUT2D eigenvalue weighted by Crippen LogP contribution is 2.30. The van der Waals surface area contributed by atoms with Gasteiger partial charge in [-0.3, -0.25) is 4.79 Å². The molecule has 0 aliphatic heterocycles. The first kappa shape index (κ1) is 18.8. The standard InChI is InChI=1S/C18H15F3N4OS/c1-11-4-2-7-15(22-11)25-17-24-14(10-27-17)9-16(26)23-13-6-3-5-12(8-13)18(19,20)21/h2-8,10H,9H2,1H3,(H,23,26)(H,22,24,25). The zero-order chi connectivity index (χ0) is 19.4. The number of nitrogens with zero attached hydrogens (tertiary/aromatic N) is 2. The lowest BCUT2D eigenvalue weighted by molar-refractivity contribution is -0.137. The molecule has 0 bridgehead atoms. The molecule has 5 nitrogen and oxygen atoms in total. The van der Waals surface area contributed by atoms with Crippen LogP contribution in [-0.2, 0) is 17.4 Å². The van der Waals surface area contributed by atoms with Crippen LogP contribution in [0.15, 0.2) is 47.8 Å². The Hall–Kier alpha value is -2.94. The number of hydrogen-bond acceptors (Lipinski definition) is 5. The van der Waals surface area contributed by atoms with E-state index in [4.69, 9.17) is 0 Å². The molecule has 1 aromatic carbocycles. The monoisotopic (exact) mass is 392 g/mol. The van der Waals surface area contributed by atoms with Gasteiger partial charge >= 0.3 is 6.18 Å². The normalized spacial score (nSPS) is 11.3. The lowest BCUT2D eigenvalue weighted by Gasteiger charge is -2.09. The van der Waals surface area contributed by atoms with E-state index in [0.717, 1.165) is 17.8 Å². The fraction of sp³-hybridized carbons (Fsp3) is 0.167. The van der Waals surface area contributed by atoms with E-state index >= 15 is 0 Å². The predicted molar refractivity (Wildman–Crippen MR) is 98.1 cm³/mol. The van der Waals surface area contributed by atoms with Crippen molar-refractivity contribution < 1.29 is 18.0 Å². The van der Waals surface area contributed by atoms with Gasteiger partial charge in [0.05, 0.1) is 17.7 Å². The molecular formula is C18H15F3N4OS. The molecule has 140 valence electrons. The molecule has 9 heteroatoms. The highest BCUT2D eigenvalue weighted by atomic mass is 32.1. The average molecular weight is 392 g/mol. The van der Waals surface area contributed by atoms with Crippen molar-refractivity contribution >= 4 is 33.9 Å². The minimum absolute atomic E-state index is 0.0460. The van der Waals surface area contributed by atoms with Crippen LogP contribution < -0.4 is 10.6 Å². The third-order valence-electron chi connectivity index (χ3n) is 3.49. The smallest absolute Gasteiger partial charge is 0.326 e. The Bertz CT molecular complexity index is 956. The summed E-state index contributed by atoms with van der Waals surface area (Å²) in [6.45, 7) is 1.87. The van der Waals surface area contributed by atoms with Crippen molar-refractivity contribution in [1.29, 1.82) is 0 Å². The summed E-state index contributed by atoms with van der Waals surface area (Å²) in [5, 5.41) is 7.80. The fourth-order valence-corrected chi connectivity index (χ4v) is 3.03. The Kier molecular flexibility index (Phi) is 5.41. The van der Waals surface area contributed by atoms with Gasteiger partial charge in [0.25, 0.3) is 0 Å². The highest BCUT2D eigenvalue weighted by molar-refractivity contribution is 7.13. The SMILES string of the molecule is Cc1cccc(Nc2nc(CC(=O)Nc3cccc(C(F)(F)F)c3)cs2)n1. The third kappa shape index (κ3) is 5.27. The zero-order valence-electron chi connectivity index (χ0n) is 14.2. The molecule has 3 aromatic rings. The highest BCUT2D eigenvalue weighted by Gasteiger charge is 2.30. The van der Waals surface area contributed by atoms with E-state index in [9.17, 15) is 18.0 Å². The van der Waals surface area contributed by atoms with E-state index in [1.165, 1.54) is 23.5 Å². The molecule has 27 heavy (non-hydrogen) atoms. The number of rotatable bonds is 5. The van der Waals surface area contributed by atoms with Crippen LogP contribution in [0.1, 0.15) is 17.0 Å². The van der Waals surface area contributed by atoms with Crippen molar-refractivity contribution in [3.05, 3.63) is 64.8 Å². The summed E-state index contributed by atoms with van der Waals surface area (Å²) in [5.41, 5.74) is 0.648. The van der Waals surface area contributed by atoms with E-state index in [1.54, 1.807) is 11.4 Å². The molecule has 2 heterocycles. The largest absolute Gasteiger partial charge is 0.416 e. The summed E-state index contributed by atoms with van der Waals surface area (Å²) in [6.07, 6.45) is -4.50. The van der Waals surface area contributed by atoms with Crippen molar-refractivity contribution in [3.8, 4) is 0 Å². The van der Waals surface area contributed by atoms with Gasteiger partial charge in [0, 0.05) is 16.8 Å². The number of pyridine rings is 1. The number of anilines is 3. The van der Waals surface area contributed by atoms with Crippen molar-refractivity contribution in [2.45, 2.75) is 19.5 Å². The molecule has 0 radical (unpaired) electrons. The van der Waals surface area contributed by atoms with Gasteiger partial charge in [-0.25, -0.2) is 9.97 Å². The van der Waals surface area contributed by atoms with Gasteiger partial charge in [0.2, 0.25) is 5.91 Å². The Balaban J connectivity index is 1.61. The maximum absolute atomic E-state index is 12.7. The van der Waals surface area contributed by atoms with Gasteiger partial charge < -0.3 is 10.6 Å². The van der Waals surface area contributed by atoms with Crippen LogP contribution >= 0.6 is 11.3 Å². The minimum atomic E-state index is -4.46. The van der Waals surface area contributed by atoms with E-state index < -0.39 is 17.6 Å². The summed E-state index contributed by atoms with van der Waals surface area (Å²) < 4.78 is 38.2. The summed E-state index contributed by atoms with van der Waals surface area (Å²) in [7, 11) is 0. The van der Waals surface area contributed by atoms with Gasteiger partial charge in [-0.2, -0.15) is 13.2 Å². The third-order valence-corrected chi connectivity index (χ3v) is 4.30. The zero-order valence-corrected chi connectivity index (χ0v) is 15.0. The Labute approximate surface area is 157 Å². The lowest BCUT2D eigenvalue weighted by atomic mass is 10.2. The van der Waals surface area contributed by atoms with Crippen LogP contribution in [0.3, 0.4) is 0 Å². The van der Waals surface area contributed by atoms with Gasteiger partial charge in [0.15, 0.2) is 5.13 Å². The van der Waals surface area contributed by atoms with Crippen LogP contribution in [0.4, 0.5) is 29.8 Å². The Morgan fingerprint density at radius 2 is 1.93 bits per heavy atom. The second kappa shape index (κ2) is 7.75. The number of carbonyl (C=O) groups is 1. The Morgan fingerprint density at radius 1 is 1.15 bits per heavy atom. The van der Waals surface area contributed by atoms with E-state index in [-0.39, 0.29) is 12.1 Å². The molecule has 0 aliphatic rings. The molecule has 2 N–H and O–H groups in total. The van der Waals surface area contributed by atoms with Crippen molar-refractivity contribution in [2.24, 2.45) is 0 Å². The van der Waals surface area contributed by atoms with E-state index in [0.29, 0.717) is 16.6 Å². The van der Waals surface area contributed by atoms with Crippen LogP contribution in [0.5, 0.6) is 0 Å². The summed E-state index contributed by atoms with van der Waals surface area (Å²) in [4.78, 5) is 20.7. The number of amides is 1. The number of nitrogens with one attached hydrogen (secondary N) is 2. The van der Waals surface area contributed by atoms with E-state index in [2.05, 4.69) is 20.6 Å². The fourth-order valence-electron chi connectivity index (χ4n) is 2.31. The molecule has 0 atom stereocenters. The molecule has 0 unspecified atom stereocenters. The quantitative estimate of drug-likeness (QED) is 0.655. The number of aromatic nitrogens is 2. The first-order chi connectivity index (χ1) is 12.8. The lowest BCUT2D eigenvalue weighted by Crippen LogP contribution is -2.15. The number of benzene rings is 1. The van der Waals surface area contributed by atoms with Crippen LogP contribution in [0.2, 0.25) is 0 Å². The molecule has 0 saturated carbocycles.